The summed E-state index contributed by atoms with van der Waals surface area (Å²) in [6, 6.07) is 3.23. The van der Waals surface area contributed by atoms with Crippen LogP contribution in [0.2, 0.25) is 0 Å². The standard InChI is InChI=1S/C10H10F4N4/c1-6-2-7(15-4-10(13,14)9(11)12)18-8(3-6)16-5-17-18/h2-3,5,9,15H,4H2,1H3. The van der Waals surface area contributed by atoms with Crippen molar-refractivity contribution in [2.45, 2.75) is 19.3 Å². The van der Waals surface area contributed by atoms with Gasteiger partial charge in [-0.25, -0.2) is 13.8 Å². The predicted molar refractivity (Wildman–Crippen MR) is 57.2 cm³/mol. The minimum absolute atomic E-state index is 0.197. The van der Waals surface area contributed by atoms with Crippen molar-refractivity contribution in [2.75, 3.05) is 11.9 Å². The molecule has 0 amide bonds. The summed E-state index contributed by atoms with van der Waals surface area (Å²) in [6.45, 7) is 0.578. The number of fused-ring (bicyclic) bond motifs is 1. The normalized spacial score (nSPS) is 12.3. The zero-order valence-electron chi connectivity index (χ0n) is 9.37. The van der Waals surface area contributed by atoms with Crippen LogP contribution in [0.3, 0.4) is 0 Å². The largest absolute Gasteiger partial charge is 0.364 e. The Balaban J connectivity index is 2.24. The van der Waals surface area contributed by atoms with E-state index < -0.39 is 18.9 Å². The Bertz CT molecular complexity index is 552. The van der Waals surface area contributed by atoms with E-state index in [4.69, 9.17) is 0 Å². The van der Waals surface area contributed by atoms with Crippen LogP contribution in [-0.4, -0.2) is 33.5 Å². The molecule has 0 saturated heterocycles. The van der Waals surface area contributed by atoms with Gasteiger partial charge in [0.1, 0.15) is 12.1 Å². The summed E-state index contributed by atoms with van der Waals surface area (Å²) in [6.07, 6.45) is -2.45. The molecule has 0 aromatic carbocycles. The van der Waals surface area contributed by atoms with Gasteiger partial charge in [0.15, 0.2) is 5.65 Å². The molecule has 0 aliphatic rings. The first-order valence-electron chi connectivity index (χ1n) is 5.10. The number of aryl methyl sites for hydroxylation is 1. The number of aromatic nitrogens is 3. The van der Waals surface area contributed by atoms with E-state index in [1.165, 1.54) is 16.9 Å². The molecule has 0 spiro atoms. The van der Waals surface area contributed by atoms with Crippen molar-refractivity contribution in [2.24, 2.45) is 0 Å². The number of alkyl halides is 4. The van der Waals surface area contributed by atoms with Crippen LogP contribution in [0.4, 0.5) is 23.4 Å². The molecule has 0 aliphatic carbocycles. The summed E-state index contributed by atoms with van der Waals surface area (Å²) in [5, 5.41) is 6.08. The van der Waals surface area contributed by atoms with Gasteiger partial charge in [0, 0.05) is 0 Å². The summed E-state index contributed by atoms with van der Waals surface area (Å²) in [5.74, 6) is -3.89. The molecule has 8 heteroatoms. The third-order valence-electron chi connectivity index (χ3n) is 2.35. The molecule has 4 nitrogen and oxygen atoms in total. The van der Waals surface area contributed by atoms with Gasteiger partial charge >= 0.3 is 12.3 Å². The maximum Gasteiger partial charge on any atom is 0.324 e. The summed E-state index contributed by atoms with van der Waals surface area (Å²) < 4.78 is 50.9. The average molecular weight is 262 g/mol. The van der Waals surface area contributed by atoms with E-state index in [1.807, 2.05) is 0 Å². The van der Waals surface area contributed by atoms with Crippen LogP contribution in [0.1, 0.15) is 5.56 Å². The highest BCUT2D eigenvalue weighted by Gasteiger charge is 2.40. The fraction of sp³-hybridized carbons (Fsp3) is 0.400. The van der Waals surface area contributed by atoms with Crippen LogP contribution < -0.4 is 5.32 Å². The molecule has 18 heavy (non-hydrogen) atoms. The van der Waals surface area contributed by atoms with Crippen molar-refractivity contribution in [1.82, 2.24) is 14.6 Å². The minimum Gasteiger partial charge on any atom is -0.364 e. The van der Waals surface area contributed by atoms with Crippen LogP contribution in [0.5, 0.6) is 0 Å². The van der Waals surface area contributed by atoms with E-state index >= 15 is 0 Å². The van der Waals surface area contributed by atoms with Gasteiger partial charge in [0.25, 0.3) is 0 Å². The van der Waals surface area contributed by atoms with Gasteiger partial charge in [-0.3, -0.25) is 0 Å². The Labute approximate surface area is 99.6 Å². The first-order valence-corrected chi connectivity index (χ1v) is 5.10. The van der Waals surface area contributed by atoms with E-state index in [-0.39, 0.29) is 5.82 Å². The predicted octanol–water partition coefficient (Wildman–Crippen LogP) is 2.35. The van der Waals surface area contributed by atoms with E-state index in [2.05, 4.69) is 15.4 Å². The van der Waals surface area contributed by atoms with Gasteiger partial charge in [-0.2, -0.15) is 18.4 Å². The molecule has 0 fully saturated rings. The highest BCUT2D eigenvalue weighted by atomic mass is 19.3. The number of hydrogen-bond donors (Lipinski definition) is 1. The SMILES string of the molecule is Cc1cc(NCC(F)(F)C(F)F)n2ncnc2c1. The van der Waals surface area contributed by atoms with Crippen molar-refractivity contribution >= 4 is 11.5 Å². The Morgan fingerprint density at radius 2 is 2.11 bits per heavy atom. The maximum absolute atomic E-state index is 12.8. The lowest BCUT2D eigenvalue weighted by Crippen LogP contribution is -2.35. The Kier molecular flexibility index (Phi) is 3.10. The summed E-state index contributed by atoms with van der Waals surface area (Å²) >= 11 is 0. The van der Waals surface area contributed by atoms with Gasteiger partial charge in [0.05, 0.1) is 6.54 Å². The van der Waals surface area contributed by atoms with Crippen LogP contribution in [0, 0.1) is 6.92 Å². The van der Waals surface area contributed by atoms with E-state index in [0.29, 0.717) is 5.65 Å². The number of hydrogen-bond acceptors (Lipinski definition) is 3. The molecular weight excluding hydrogens is 252 g/mol. The van der Waals surface area contributed by atoms with Gasteiger partial charge in [-0.05, 0) is 24.6 Å². The van der Waals surface area contributed by atoms with E-state index in [0.717, 1.165) is 5.56 Å². The maximum atomic E-state index is 12.8. The lowest BCUT2D eigenvalue weighted by atomic mass is 10.3. The van der Waals surface area contributed by atoms with Crippen LogP contribution >= 0.6 is 0 Å². The quantitative estimate of drug-likeness (QED) is 0.860. The first kappa shape index (κ1) is 12.6. The first-order chi connectivity index (χ1) is 8.40. The Morgan fingerprint density at radius 3 is 2.78 bits per heavy atom. The molecule has 0 atom stereocenters. The van der Waals surface area contributed by atoms with Crippen molar-refractivity contribution in [3.63, 3.8) is 0 Å². The average Bonchev–Trinajstić information content (AvgIpc) is 2.73. The Hall–Kier alpha value is -1.86. The second-order valence-electron chi connectivity index (χ2n) is 3.86. The van der Waals surface area contributed by atoms with E-state index in [1.54, 1.807) is 13.0 Å². The molecule has 1 N–H and O–H groups in total. The van der Waals surface area contributed by atoms with Crippen molar-refractivity contribution < 1.29 is 17.6 Å². The molecule has 2 rings (SSSR count). The topological polar surface area (TPSA) is 42.2 Å². The van der Waals surface area contributed by atoms with Crippen molar-refractivity contribution in [3.8, 4) is 0 Å². The highest BCUT2D eigenvalue weighted by Crippen LogP contribution is 2.23. The van der Waals surface area contributed by atoms with Crippen LogP contribution in [0.15, 0.2) is 18.5 Å². The fourth-order valence-corrected chi connectivity index (χ4v) is 1.47. The summed E-state index contributed by atoms with van der Waals surface area (Å²) in [5.41, 5.74) is 1.22. The molecule has 0 unspecified atom stereocenters. The molecule has 0 aliphatic heterocycles. The number of anilines is 1. The molecule has 2 aromatic heterocycles. The molecular formula is C10H10F4N4. The zero-order chi connectivity index (χ0) is 13.3. The molecule has 2 aromatic rings. The van der Waals surface area contributed by atoms with Gasteiger partial charge in [0.2, 0.25) is 0 Å². The van der Waals surface area contributed by atoms with Gasteiger partial charge in [-0.1, -0.05) is 0 Å². The number of halogens is 4. The third-order valence-corrected chi connectivity index (χ3v) is 2.35. The lowest BCUT2D eigenvalue weighted by Gasteiger charge is -2.17. The van der Waals surface area contributed by atoms with Crippen molar-refractivity contribution in [3.05, 3.63) is 24.0 Å². The second-order valence-corrected chi connectivity index (χ2v) is 3.86. The smallest absolute Gasteiger partial charge is 0.324 e. The van der Waals surface area contributed by atoms with Crippen LogP contribution in [-0.2, 0) is 0 Å². The number of nitrogens with zero attached hydrogens (tertiary/aromatic N) is 3. The molecule has 0 bridgehead atoms. The molecule has 98 valence electrons. The Morgan fingerprint density at radius 1 is 1.39 bits per heavy atom. The monoisotopic (exact) mass is 262 g/mol. The minimum atomic E-state index is -4.09. The number of pyridine rings is 1. The van der Waals surface area contributed by atoms with Gasteiger partial charge in [-0.15, -0.1) is 0 Å². The third kappa shape index (κ3) is 2.36. The van der Waals surface area contributed by atoms with Crippen LogP contribution in [0.25, 0.3) is 5.65 Å². The van der Waals surface area contributed by atoms with E-state index in [9.17, 15) is 17.6 Å². The zero-order valence-corrected chi connectivity index (χ0v) is 9.37. The fourth-order valence-electron chi connectivity index (χ4n) is 1.47. The van der Waals surface area contributed by atoms with Crippen molar-refractivity contribution in [1.29, 1.82) is 0 Å². The second kappa shape index (κ2) is 4.43. The molecule has 0 radical (unpaired) electrons. The van der Waals surface area contributed by atoms with Gasteiger partial charge < -0.3 is 5.32 Å². The summed E-state index contributed by atoms with van der Waals surface area (Å²) in [4.78, 5) is 3.90. The number of nitrogens with one attached hydrogen (secondary N) is 1. The lowest BCUT2D eigenvalue weighted by molar-refractivity contribution is -0.117. The molecule has 0 saturated carbocycles. The highest BCUT2D eigenvalue weighted by molar-refractivity contribution is 5.51. The molecule has 2 heterocycles. The summed E-state index contributed by atoms with van der Waals surface area (Å²) in [7, 11) is 0. The number of rotatable bonds is 4.